The van der Waals surface area contributed by atoms with Gasteiger partial charge in [-0.2, -0.15) is 0 Å². The smallest absolute Gasteiger partial charge is 0.226 e. The van der Waals surface area contributed by atoms with E-state index in [1.54, 1.807) is 0 Å². The van der Waals surface area contributed by atoms with Crippen molar-refractivity contribution in [2.24, 2.45) is 33.3 Å². The first kappa shape index (κ1) is 44.4. The van der Waals surface area contributed by atoms with Crippen molar-refractivity contribution in [1.82, 2.24) is 16.0 Å². The first-order chi connectivity index (χ1) is 29.8. The van der Waals surface area contributed by atoms with Gasteiger partial charge < -0.3 is 31.2 Å². The number of fused-ring (bicyclic) bond motifs is 2. The first-order valence-corrected chi connectivity index (χ1v) is 25.2. The molecule has 4 unspecified atom stereocenters. The van der Waals surface area contributed by atoms with E-state index >= 15 is 4.79 Å². The number of hydrogen-bond acceptors (Lipinski definition) is 6. The van der Waals surface area contributed by atoms with Gasteiger partial charge in [0.2, 0.25) is 11.8 Å². The summed E-state index contributed by atoms with van der Waals surface area (Å²) in [5, 5.41) is 10.6. The van der Waals surface area contributed by atoms with Gasteiger partial charge in [-0.1, -0.05) is 74.9 Å². The molecule has 8 nitrogen and oxygen atoms in total. The highest BCUT2D eigenvalue weighted by molar-refractivity contribution is 5.84. The fraction of sp³-hybridized carbons (Fsp3) is 0.741. The molecule has 8 heteroatoms. The van der Waals surface area contributed by atoms with Gasteiger partial charge in [-0.05, 0) is 185 Å². The molecule has 0 radical (unpaired) electrons. The molecule has 2 aromatic rings. The number of amides is 2. The van der Waals surface area contributed by atoms with Gasteiger partial charge in [0.15, 0.2) is 0 Å². The second-order valence-electron chi connectivity index (χ2n) is 23.4. The number of piperidine rings is 1. The molecular formula is C54H80N4O4. The number of carbonyl (C=O) groups is 2. The fourth-order valence-electron chi connectivity index (χ4n) is 16.1. The predicted molar refractivity (Wildman–Crippen MR) is 248 cm³/mol. The summed E-state index contributed by atoms with van der Waals surface area (Å²) in [5.41, 5.74) is 10.2. The van der Waals surface area contributed by atoms with E-state index < -0.39 is 5.41 Å². The largest absolute Gasteiger partial charge is 0.381 e. The minimum absolute atomic E-state index is 0.0623. The van der Waals surface area contributed by atoms with E-state index in [1.165, 1.54) is 42.4 Å². The van der Waals surface area contributed by atoms with Crippen LogP contribution in [0.1, 0.15) is 166 Å². The number of carbonyl (C=O) groups excluding carboxylic acids is 2. The average molecular weight is 849 g/mol. The molecule has 62 heavy (non-hydrogen) atoms. The van der Waals surface area contributed by atoms with Crippen LogP contribution in [0, 0.1) is 27.6 Å². The molecule has 6 bridgehead atoms. The first-order valence-electron chi connectivity index (χ1n) is 25.2. The van der Waals surface area contributed by atoms with E-state index in [0.717, 1.165) is 116 Å². The van der Waals surface area contributed by atoms with Crippen LogP contribution in [0.4, 0.5) is 0 Å². The zero-order valence-corrected chi connectivity index (χ0v) is 38.9. The fourth-order valence-corrected chi connectivity index (χ4v) is 16.1. The summed E-state index contributed by atoms with van der Waals surface area (Å²) < 4.78 is 12.8. The zero-order valence-electron chi connectivity index (χ0n) is 38.9. The summed E-state index contributed by atoms with van der Waals surface area (Å²) in [6.45, 7) is 13.7. The quantitative estimate of drug-likeness (QED) is 0.142. The second kappa shape index (κ2) is 17.2. The van der Waals surface area contributed by atoms with Crippen molar-refractivity contribution >= 4 is 11.8 Å². The van der Waals surface area contributed by atoms with Crippen LogP contribution in [-0.2, 0) is 35.3 Å². The van der Waals surface area contributed by atoms with E-state index in [9.17, 15) is 4.79 Å². The normalized spacial score (nSPS) is 39.6. The van der Waals surface area contributed by atoms with Gasteiger partial charge in [0.1, 0.15) is 0 Å². The summed E-state index contributed by atoms with van der Waals surface area (Å²) in [6.07, 6.45) is 19.5. The number of hydrogen-bond donors (Lipinski definition) is 4. The van der Waals surface area contributed by atoms with Crippen molar-refractivity contribution < 1.29 is 19.1 Å². The Morgan fingerprint density at radius 1 is 0.710 bits per heavy atom. The lowest BCUT2D eigenvalue weighted by atomic mass is 9.33. The molecule has 2 amide bonds. The van der Waals surface area contributed by atoms with Gasteiger partial charge in [0, 0.05) is 44.3 Å². The summed E-state index contributed by atoms with van der Waals surface area (Å²) in [5.74, 6) is 0.993. The van der Waals surface area contributed by atoms with Crippen LogP contribution in [0.2, 0.25) is 0 Å². The second-order valence-corrected chi connectivity index (χ2v) is 23.4. The standard InChI is InChI=1S/C54H80N4O4/c1-5-61-37-49-24-10-25-51(29-49,28-39(27-49)13-22-46(59)58-45-23-26-56-36-48(45,3)4)41-14-16-42(17-15-41)53-31-50(38-62-6-2)30-52(33-53,40-11-8-7-9-12-40)34-54(32-50,35-53)47(60)57-44-20-18-43(55)19-21-44/h7-9,11-12,14-17,39,43-45,56H,5-6,10,13,18-38,55H2,1-4H3,(H,57,60)(H,58,59)/t39?,43?,44?,45?,49-,50+,51+,52-,53?,54?/m0/s1. The maximum absolute atomic E-state index is 15.1. The molecule has 2 aromatic carbocycles. The maximum Gasteiger partial charge on any atom is 0.226 e. The van der Waals surface area contributed by atoms with Crippen LogP contribution in [0.5, 0.6) is 0 Å². The van der Waals surface area contributed by atoms with Crippen molar-refractivity contribution in [3.05, 3.63) is 71.3 Å². The molecule has 7 saturated carbocycles. The molecule has 8 atom stereocenters. The van der Waals surface area contributed by atoms with Crippen molar-refractivity contribution in [3.8, 4) is 0 Å². The van der Waals surface area contributed by atoms with Crippen molar-refractivity contribution in [2.75, 3.05) is 39.5 Å². The molecule has 340 valence electrons. The van der Waals surface area contributed by atoms with Crippen molar-refractivity contribution in [1.29, 1.82) is 0 Å². The van der Waals surface area contributed by atoms with Crippen molar-refractivity contribution in [3.63, 3.8) is 0 Å². The Morgan fingerprint density at radius 3 is 2.00 bits per heavy atom. The molecule has 0 spiro atoms. The molecule has 1 aliphatic heterocycles. The molecule has 7 aliphatic carbocycles. The van der Waals surface area contributed by atoms with Crippen LogP contribution < -0.4 is 21.7 Å². The molecule has 10 rings (SSSR count). The van der Waals surface area contributed by atoms with Crippen LogP contribution in [0.3, 0.4) is 0 Å². The lowest BCUT2D eigenvalue weighted by molar-refractivity contribution is -0.180. The van der Waals surface area contributed by atoms with Gasteiger partial charge in [0.25, 0.3) is 0 Å². The third-order valence-corrected chi connectivity index (χ3v) is 18.2. The lowest BCUT2D eigenvalue weighted by Crippen LogP contribution is -2.68. The average Bonchev–Trinajstić information content (AvgIpc) is 3.25. The number of rotatable bonds is 15. The van der Waals surface area contributed by atoms with Crippen LogP contribution in [-0.4, -0.2) is 69.5 Å². The number of ether oxygens (including phenoxy) is 2. The van der Waals surface area contributed by atoms with Gasteiger partial charge in [-0.15, -0.1) is 0 Å². The minimum atomic E-state index is -0.451. The Kier molecular flexibility index (Phi) is 12.3. The van der Waals surface area contributed by atoms with Crippen LogP contribution in [0.15, 0.2) is 54.6 Å². The Bertz CT molecular complexity index is 1900. The zero-order chi connectivity index (χ0) is 43.3. The topological polar surface area (TPSA) is 115 Å². The highest BCUT2D eigenvalue weighted by Gasteiger charge is 2.71. The Labute approximate surface area is 373 Å². The predicted octanol–water partition coefficient (Wildman–Crippen LogP) is 9.17. The van der Waals surface area contributed by atoms with Crippen molar-refractivity contribution in [2.45, 2.75) is 184 Å². The van der Waals surface area contributed by atoms with E-state index in [2.05, 4.69) is 98.2 Å². The molecule has 0 aromatic heterocycles. The van der Waals surface area contributed by atoms with E-state index in [1.807, 2.05) is 0 Å². The minimum Gasteiger partial charge on any atom is -0.381 e. The highest BCUT2D eigenvalue weighted by Crippen LogP contribution is 2.74. The van der Waals surface area contributed by atoms with E-state index in [0.29, 0.717) is 25.6 Å². The highest BCUT2D eigenvalue weighted by atomic mass is 16.5. The van der Waals surface area contributed by atoms with E-state index in [4.69, 9.17) is 15.2 Å². The third kappa shape index (κ3) is 8.46. The molecule has 8 aliphatic rings. The Morgan fingerprint density at radius 2 is 1.34 bits per heavy atom. The number of benzene rings is 2. The Hall–Kier alpha value is -2.78. The maximum atomic E-state index is 15.1. The summed E-state index contributed by atoms with van der Waals surface area (Å²) in [4.78, 5) is 28.7. The molecule has 1 heterocycles. The summed E-state index contributed by atoms with van der Waals surface area (Å²) in [7, 11) is 0. The monoisotopic (exact) mass is 849 g/mol. The van der Waals surface area contributed by atoms with Crippen LogP contribution >= 0.6 is 0 Å². The molecule has 5 N–H and O–H groups in total. The Balaban J connectivity index is 1.02. The van der Waals surface area contributed by atoms with Gasteiger partial charge in [-0.25, -0.2) is 0 Å². The SMILES string of the molecule is CCOC[C@@]12CCC[C@@](c3ccc(C45CC6(C(=O)NC7CCC(N)CC7)C[C@](COCC)(C4)C[C@@](c4ccccc4)(C6)C5)cc3)(CC(CCC(=O)NC3CCNCC3(C)C)C1)C2. The van der Waals surface area contributed by atoms with Gasteiger partial charge in [0.05, 0.1) is 18.6 Å². The number of nitrogens with one attached hydrogen (secondary N) is 3. The molecule has 8 fully saturated rings. The molecular weight excluding hydrogens is 769 g/mol. The number of nitrogens with two attached hydrogens (primary N) is 1. The molecule has 1 saturated heterocycles. The summed E-state index contributed by atoms with van der Waals surface area (Å²) >= 11 is 0. The van der Waals surface area contributed by atoms with Gasteiger partial charge >= 0.3 is 0 Å². The third-order valence-electron chi connectivity index (χ3n) is 18.2. The summed E-state index contributed by atoms with van der Waals surface area (Å²) in [6, 6.07) is 22.0. The van der Waals surface area contributed by atoms with E-state index in [-0.39, 0.29) is 62.4 Å². The van der Waals surface area contributed by atoms with Crippen LogP contribution in [0.25, 0.3) is 0 Å². The lowest BCUT2D eigenvalue weighted by Gasteiger charge is -2.70. The van der Waals surface area contributed by atoms with Gasteiger partial charge in [-0.3, -0.25) is 9.59 Å².